The molecule has 1 amide bonds. The standard InChI is InChI=1S/C18H19N3O3S/c1-10-6-5-7-14(8-10)23-9-15-12(3)24-21-16(15)17(22)20-18-19-11(2)13(4)25-18/h5-8H,9H2,1-4H3,(H,19,20,22). The Morgan fingerprint density at radius 2 is 2.08 bits per heavy atom. The zero-order chi connectivity index (χ0) is 18.0. The molecule has 0 fully saturated rings. The molecule has 0 unspecified atom stereocenters. The molecule has 0 saturated carbocycles. The number of nitrogens with zero attached hydrogens (tertiary/aromatic N) is 2. The number of amides is 1. The van der Waals surface area contributed by atoms with Gasteiger partial charge in [-0.15, -0.1) is 11.3 Å². The Kier molecular flexibility index (Phi) is 4.85. The van der Waals surface area contributed by atoms with Crippen LogP contribution in [0.15, 0.2) is 28.8 Å². The highest BCUT2D eigenvalue weighted by Gasteiger charge is 2.21. The number of benzene rings is 1. The molecular weight excluding hydrogens is 338 g/mol. The van der Waals surface area contributed by atoms with Crippen LogP contribution in [0.2, 0.25) is 0 Å². The van der Waals surface area contributed by atoms with Gasteiger partial charge < -0.3 is 9.26 Å². The van der Waals surface area contributed by atoms with Crippen molar-refractivity contribution in [3.63, 3.8) is 0 Å². The molecule has 0 aliphatic carbocycles. The van der Waals surface area contributed by atoms with Crippen LogP contribution in [-0.2, 0) is 6.61 Å². The van der Waals surface area contributed by atoms with E-state index in [0.717, 1.165) is 21.9 Å². The molecule has 7 heteroatoms. The lowest BCUT2D eigenvalue weighted by Crippen LogP contribution is -2.15. The molecule has 6 nitrogen and oxygen atoms in total. The number of carbonyl (C=O) groups is 1. The van der Waals surface area contributed by atoms with E-state index >= 15 is 0 Å². The van der Waals surface area contributed by atoms with Gasteiger partial charge in [0.15, 0.2) is 10.8 Å². The highest BCUT2D eigenvalue weighted by molar-refractivity contribution is 7.15. The van der Waals surface area contributed by atoms with Crippen molar-refractivity contribution in [3.05, 3.63) is 57.4 Å². The molecule has 0 atom stereocenters. The van der Waals surface area contributed by atoms with Gasteiger partial charge >= 0.3 is 0 Å². The quantitative estimate of drug-likeness (QED) is 0.740. The van der Waals surface area contributed by atoms with Gasteiger partial charge in [-0.3, -0.25) is 10.1 Å². The maximum atomic E-state index is 12.5. The van der Waals surface area contributed by atoms with E-state index in [1.54, 1.807) is 6.92 Å². The van der Waals surface area contributed by atoms with E-state index in [9.17, 15) is 4.79 Å². The van der Waals surface area contributed by atoms with Crippen LogP contribution in [0.25, 0.3) is 0 Å². The zero-order valence-electron chi connectivity index (χ0n) is 14.5. The van der Waals surface area contributed by atoms with Crippen molar-refractivity contribution < 1.29 is 14.1 Å². The molecule has 0 aliphatic rings. The lowest BCUT2D eigenvalue weighted by atomic mass is 10.2. The number of hydrogen-bond donors (Lipinski definition) is 1. The molecule has 3 rings (SSSR count). The molecule has 130 valence electrons. The molecular formula is C18H19N3O3S. The molecule has 2 heterocycles. The van der Waals surface area contributed by atoms with Crippen molar-refractivity contribution in [2.24, 2.45) is 0 Å². The summed E-state index contributed by atoms with van der Waals surface area (Å²) in [5, 5.41) is 7.20. The van der Waals surface area contributed by atoms with Crippen LogP contribution in [-0.4, -0.2) is 16.0 Å². The normalized spacial score (nSPS) is 10.7. The smallest absolute Gasteiger partial charge is 0.280 e. The molecule has 2 aromatic heterocycles. The van der Waals surface area contributed by atoms with Crippen molar-refractivity contribution in [2.45, 2.75) is 34.3 Å². The van der Waals surface area contributed by atoms with Gasteiger partial charge in [-0.1, -0.05) is 17.3 Å². The van der Waals surface area contributed by atoms with Crippen LogP contribution in [0.3, 0.4) is 0 Å². The number of anilines is 1. The number of ether oxygens (including phenoxy) is 1. The average Bonchev–Trinajstić information content (AvgIpc) is 3.08. The van der Waals surface area contributed by atoms with Crippen molar-refractivity contribution in [2.75, 3.05) is 5.32 Å². The Hall–Kier alpha value is -2.67. The van der Waals surface area contributed by atoms with Gasteiger partial charge in [-0.05, 0) is 45.4 Å². The monoisotopic (exact) mass is 357 g/mol. The van der Waals surface area contributed by atoms with E-state index in [-0.39, 0.29) is 18.2 Å². The van der Waals surface area contributed by atoms with E-state index in [1.165, 1.54) is 11.3 Å². The lowest BCUT2D eigenvalue weighted by Gasteiger charge is -2.07. The number of aryl methyl sites for hydroxylation is 4. The second-order valence-electron chi connectivity index (χ2n) is 5.79. The van der Waals surface area contributed by atoms with Crippen LogP contribution < -0.4 is 10.1 Å². The van der Waals surface area contributed by atoms with Crippen LogP contribution in [0.4, 0.5) is 5.13 Å². The summed E-state index contributed by atoms with van der Waals surface area (Å²) in [4.78, 5) is 17.9. The summed E-state index contributed by atoms with van der Waals surface area (Å²) in [6.45, 7) is 7.83. The van der Waals surface area contributed by atoms with Crippen LogP contribution in [0, 0.1) is 27.7 Å². The Balaban J connectivity index is 1.75. The highest BCUT2D eigenvalue weighted by Crippen LogP contribution is 2.23. The lowest BCUT2D eigenvalue weighted by molar-refractivity contribution is 0.101. The Bertz CT molecular complexity index is 895. The zero-order valence-corrected chi connectivity index (χ0v) is 15.4. The van der Waals surface area contributed by atoms with Crippen LogP contribution >= 0.6 is 11.3 Å². The Morgan fingerprint density at radius 1 is 1.28 bits per heavy atom. The van der Waals surface area contributed by atoms with Crippen molar-refractivity contribution in [1.82, 2.24) is 10.1 Å². The maximum Gasteiger partial charge on any atom is 0.280 e. The first-order valence-electron chi connectivity index (χ1n) is 7.84. The molecule has 0 aliphatic heterocycles. The number of hydrogen-bond acceptors (Lipinski definition) is 6. The molecule has 25 heavy (non-hydrogen) atoms. The first kappa shape index (κ1) is 17.2. The van der Waals surface area contributed by atoms with Crippen LogP contribution in [0.1, 0.15) is 37.9 Å². The fourth-order valence-electron chi connectivity index (χ4n) is 2.28. The van der Waals surface area contributed by atoms with Crippen molar-refractivity contribution in [3.8, 4) is 5.75 Å². The van der Waals surface area contributed by atoms with E-state index in [1.807, 2.05) is 45.0 Å². The Labute approximate surface area is 149 Å². The highest BCUT2D eigenvalue weighted by atomic mass is 32.1. The van der Waals surface area contributed by atoms with Crippen molar-refractivity contribution >= 4 is 22.4 Å². The molecule has 1 N–H and O–H groups in total. The number of nitrogens with one attached hydrogen (secondary N) is 1. The minimum absolute atomic E-state index is 0.206. The summed E-state index contributed by atoms with van der Waals surface area (Å²) in [5.74, 6) is 0.941. The van der Waals surface area contributed by atoms with E-state index in [2.05, 4.69) is 15.5 Å². The summed E-state index contributed by atoms with van der Waals surface area (Å²) in [6, 6.07) is 7.72. The fraction of sp³-hybridized carbons (Fsp3) is 0.278. The first-order chi connectivity index (χ1) is 11.9. The predicted octanol–water partition coefficient (Wildman–Crippen LogP) is 4.20. The number of aromatic nitrogens is 2. The summed E-state index contributed by atoms with van der Waals surface area (Å²) in [6.07, 6.45) is 0. The number of thiazole rings is 1. The third-order valence-corrected chi connectivity index (χ3v) is 4.81. The summed E-state index contributed by atoms with van der Waals surface area (Å²) < 4.78 is 11.0. The average molecular weight is 357 g/mol. The van der Waals surface area contributed by atoms with Crippen molar-refractivity contribution in [1.29, 1.82) is 0 Å². The largest absolute Gasteiger partial charge is 0.489 e. The third-order valence-electron chi connectivity index (χ3n) is 3.82. The molecule has 0 saturated heterocycles. The first-order valence-corrected chi connectivity index (χ1v) is 8.65. The second kappa shape index (κ2) is 7.06. The topological polar surface area (TPSA) is 77.2 Å². The molecule has 0 radical (unpaired) electrons. The number of carbonyl (C=O) groups excluding carboxylic acids is 1. The minimum Gasteiger partial charge on any atom is -0.489 e. The van der Waals surface area contributed by atoms with Gasteiger partial charge in [0.05, 0.1) is 11.3 Å². The van der Waals surface area contributed by atoms with Gasteiger partial charge in [0.1, 0.15) is 18.1 Å². The van der Waals surface area contributed by atoms with Gasteiger partial charge in [0, 0.05) is 4.88 Å². The SMILES string of the molecule is Cc1cccc(OCc2c(C(=O)Nc3nc(C)c(C)s3)noc2C)c1. The minimum atomic E-state index is -0.353. The van der Waals surface area contributed by atoms with Gasteiger partial charge in [-0.25, -0.2) is 4.98 Å². The van der Waals surface area contributed by atoms with E-state index < -0.39 is 0 Å². The van der Waals surface area contributed by atoms with E-state index in [0.29, 0.717) is 16.5 Å². The van der Waals surface area contributed by atoms with Crippen LogP contribution in [0.5, 0.6) is 5.75 Å². The maximum absolute atomic E-state index is 12.5. The Morgan fingerprint density at radius 3 is 2.76 bits per heavy atom. The van der Waals surface area contributed by atoms with Gasteiger partial charge in [-0.2, -0.15) is 0 Å². The summed E-state index contributed by atoms with van der Waals surface area (Å²) >= 11 is 1.43. The predicted molar refractivity (Wildman–Crippen MR) is 96.3 cm³/mol. The molecule has 3 aromatic rings. The molecule has 0 bridgehead atoms. The van der Waals surface area contributed by atoms with E-state index in [4.69, 9.17) is 9.26 Å². The fourth-order valence-corrected chi connectivity index (χ4v) is 3.09. The van der Waals surface area contributed by atoms with Gasteiger partial charge in [0.2, 0.25) is 0 Å². The third kappa shape index (κ3) is 3.88. The molecule has 1 aromatic carbocycles. The number of rotatable bonds is 5. The molecule has 0 spiro atoms. The second-order valence-corrected chi connectivity index (χ2v) is 6.99. The summed E-state index contributed by atoms with van der Waals surface area (Å²) in [7, 11) is 0. The summed E-state index contributed by atoms with van der Waals surface area (Å²) in [5.41, 5.74) is 2.85. The van der Waals surface area contributed by atoms with Gasteiger partial charge in [0.25, 0.3) is 5.91 Å².